The molecular formula is C27H38BrNO10. The number of imide groups is 1. The van der Waals surface area contributed by atoms with Gasteiger partial charge in [0, 0.05) is 38.2 Å². The zero-order chi connectivity index (χ0) is 29.5. The number of carbonyl (C=O) groups excluding carboxylic acids is 2. The van der Waals surface area contributed by atoms with Crippen LogP contribution in [0.4, 0.5) is 15.3 Å². The number of hydrogen-bond acceptors (Lipinski definition) is 10. The van der Waals surface area contributed by atoms with Crippen LogP contribution in [0.5, 0.6) is 17.2 Å². The van der Waals surface area contributed by atoms with E-state index in [-0.39, 0.29) is 37.6 Å². The van der Waals surface area contributed by atoms with Crippen molar-refractivity contribution in [3.63, 3.8) is 0 Å². The monoisotopic (exact) mass is 615 g/mol. The maximum atomic E-state index is 13.5. The van der Waals surface area contributed by atoms with Crippen LogP contribution in [0.3, 0.4) is 0 Å². The van der Waals surface area contributed by atoms with Crippen molar-refractivity contribution in [3.8, 4) is 17.2 Å². The number of rotatable bonds is 10. The molecule has 0 aromatic heterocycles. The molecule has 218 valence electrons. The lowest BCUT2D eigenvalue weighted by molar-refractivity contribution is 0.0407. The van der Waals surface area contributed by atoms with E-state index in [4.69, 9.17) is 37.9 Å². The van der Waals surface area contributed by atoms with Crippen LogP contribution >= 0.6 is 15.9 Å². The standard InChI is InChI=1S/C27H38BrNO10/c1-16-11-17-20(21(28)22(16)36-14-33-9)19(35-13-32-8)12-18(23(17)37-15-34-10)29(24(30)38-26(2,3)4)25(31)39-27(5,6)7/h11-12H,13-15H2,1-10H3. The maximum Gasteiger partial charge on any atom is 0.424 e. The fourth-order valence-corrected chi connectivity index (χ4v) is 4.27. The molecule has 39 heavy (non-hydrogen) atoms. The zero-order valence-corrected chi connectivity index (χ0v) is 25.8. The minimum Gasteiger partial charge on any atom is -0.467 e. The number of carbonyl (C=O) groups is 2. The molecule has 11 nitrogen and oxygen atoms in total. The molecule has 0 N–H and O–H groups in total. The topological polar surface area (TPSA) is 111 Å². The maximum absolute atomic E-state index is 13.5. The van der Waals surface area contributed by atoms with Gasteiger partial charge >= 0.3 is 12.2 Å². The Labute approximate surface area is 237 Å². The molecule has 0 radical (unpaired) electrons. The van der Waals surface area contributed by atoms with Crippen molar-refractivity contribution in [2.45, 2.75) is 59.7 Å². The highest BCUT2D eigenvalue weighted by Crippen LogP contribution is 2.49. The lowest BCUT2D eigenvalue weighted by Gasteiger charge is -2.30. The van der Waals surface area contributed by atoms with Gasteiger partial charge in [-0.1, -0.05) is 0 Å². The molecule has 12 heteroatoms. The Balaban J connectivity index is 2.99. The third-order valence-electron chi connectivity index (χ3n) is 4.77. The van der Waals surface area contributed by atoms with Gasteiger partial charge in [-0.3, -0.25) is 0 Å². The summed E-state index contributed by atoms with van der Waals surface area (Å²) in [5.74, 6) is 0.918. The van der Waals surface area contributed by atoms with E-state index in [9.17, 15) is 9.59 Å². The summed E-state index contributed by atoms with van der Waals surface area (Å²) in [6.07, 6.45) is -1.93. The van der Waals surface area contributed by atoms with Crippen molar-refractivity contribution in [3.05, 3.63) is 22.2 Å². The predicted octanol–water partition coefficient (Wildman–Crippen LogP) is 6.54. The van der Waals surface area contributed by atoms with Gasteiger partial charge in [0.25, 0.3) is 0 Å². The Kier molecular flexibility index (Phi) is 11.2. The Bertz CT molecular complexity index is 1140. The zero-order valence-electron chi connectivity index (χ0n) is 24.2. The summed E-state index contributed by atoms with van der Waals surface area (Å²) in [5.41, 5.74) is -1.09. The van der Waals surface area contributed by atoms with Crippen molar-refractivity contribution in [1.82, 2.24) is 0 Å². The first-order valence-corrected chi connectivity index (χ1v) is 12.9. The number of benzene rings is 2. The van der Waals surface area contributed by atoms with E-state index in [1.807, 2.05) is 6.92 Å². The van der Waals surface area contributed by atoms with Crippen LogP contribution in [0.25, 0.3) is 10.8 Å². The van der Waals surface area contributed by atoms with Crippen LogP contribution in [0.1, 0.15) is 47.1 Å². The molecule has 2 amide bonds. The number of anilines is 1. The van der Waals surface area contributed by atoms with E-state index in [1.54, 1.807) is 47.6 Å². The van der Waals surface area contributed by atoms with E-state index in [0.29, 0.717) is 26.6 Å². The molecule has 0 spiro atoms. The second-order valence-corrected chi connectivity index (χ2v) is 11.2. The number of nitrogens with zero attached hydrogens (tertiary/aromatic N) is 1. The van der Waals surface area contributed by atoms with Gasteiger partial charge in [-0.25, -0.2) is 9.59 Å². The minimum atomic E-state index is -0.966. The first-order chi connectivity index (χ1) is 18.1. The first-order valence-electron chi connectivity index (χ1n) is 12.1. The van der Waals surface area contributed by atoms with Crippen LogP contribution in [0, 0.1) is 6.92 Å². The summed E-state index contributed by atoms with van der Waals surface area (Å²) in [6.45, 7) is 11.7. The van der Waals surface area contributed by atoms with Gasteiger partial charge in [0.2, 0.25) is 0 Å². The summed E-state index contributed by atoms with van der Waals surface area (Å²) in [7, 11) is 4.44. The summed E-state index contributed by atoms with van der Waals surface area (Å²) in [6, 6.07) is 3.25. The summed E-state index contributed by atoms with van der Waals surface area (Å²) in [4.78, 5) is 27.8. The largest absolute Gasteiger partial charge is 0.467 e. The second-order valence-electron chi connectivity index (χ2n) is 10.4. The molecule has 0 saturated heterocycles. The number of fused-ring (bicyclic) bond motifs is 1. The van der Waals surface area contributed by atoms with Crippen LogP contribution in [0.15, 0.2) is 16.6 Å². The molecule has 0 aliphatic carbocycles. The van der Waals surface area contributed by atoms with Gasteiger partial charge in [0.1, 0.15) is 28.4 Å². The number of halogens is 1. The molecule has 0 fully saturated rings. The van der Waals surface area contributed by atoms with Gasteiger partial charge < -0.3 is 37.9 Å². The molecule has 0 heterocycles. The first kappa shape index (κ1) is 32.4. The van der Waals surface area contributed by atoms with Gasteiger partial charge in [0.05, 0.1) is 4.47 Å². The predicted molar refractivity (Wildman–Crippen MR) is 149 cm³/mol. The lowest BCUT2D eigenvalue weighted by Crippen LogP contribution is -2.44. The average Bonchev–Trinajstić information content (AvgIpc) is 2.79. The number of ether oxygens (including phenoxy) is 8. The highest BCUT2D eigenvalue weighted by atomic mass is 79.9. The van der Waals surface area contributed by atoms with E-state index < -0.39 is 23.4 Å². The molecule has 0 atom stereocenters. The van der Waals surface area contributed by atoms with Crippen LogP contribution in [-0.4, -0.2) is 65.1 Å². The van der Waals surface area contributed by atoms with Gasteiger partial charge in [-0.2, -0.15) is 4.90 Å². The fourth-order valence-electron chi connectivity index (χ4n) is 3.43. The fraction of sp³-hybridized carbons (Fsp3) is 0.556. The molecule has 2 aromatic carbocycles. The van der Waals surface area contributed by atoms with E-state index >= 15 is 0 Å². The van der Waals surface area contributed by atoms with Gasteiger partial charge in [-0.05, 0) is 76.0 Å². The minimum absolute atomic E-state index is 0.00931. The number of methoxy groups -OCH3 is 3. The van der Waals surface area contributed by atoms with Gasteiger partial charge in [0.15, 0.2) is 26.1 Å². The van der Waals surface area contributed by atoms with Gasteiger partial charge in [-0.15, -0.1) is 0 Å². The normalized spacial score (nSPS) is 11.8. The highest BCUT2D eigenvalue weighted by molar-refractivity contribution is 9.10. The number of aryl methyl sites for hydroxylation is 1. The summed E-state index contributed by atoms with van der Waals surface area (Å²) in [5, 5.41) is 1.02. The molecule has 2 rings (SSSR count). The van der Waals surface area contributed by atoms with Crippen molar-refractivity contribution < 1.29 is 47.5 Å². The molecule has 2 aromatic rings. The molecule has 0 aliphatic rings. The quantitative estimate of drug-likeness (QED) is 0.273. The second kappa shape index (κ2) is 13.5. The third-order valence-corrected chi connectivity index (χ3v) is 5.52. The lowest BCUT2D eigenvalue weighted by atomic mass is 10.0. The molecule has 0 unspecified atom stereocenters. The van der Waals surface area contributed by atoms with E-state index in [0.717, 1.165) is 4.90 Å². The van der Waals surface area contributed by atoms with Crippen molar-refractivity contribution in [1.29, 1.82) is 0 Å². The van der Waals surface area contributed by atoms with Crippen LogP contribution in [0.2, 0.25) is 0 Å². The van der Waals surface area contributed by atoms with Crippen LogP contribution < -0.4 is 19.1 Å². The third kappa shape index (κ3) is 8.59. The molecule has 0 saturated carbocycles. The van der Waals surface area contributed by atoms with E-state index in [1.165, 1.54) is 27.4 Å². The van der Waals surface area contributed by atoms with E-state index in [2.05, 4.69) is 15.9 Å². The SMILES string of the molecule is COCOc1c(C)cc2c(OCOC)c(N(C(=O)OC(C)(C)C)C(=O)OC(C)(C)C)cc(OCOC)c2c1Br. The summed E-state index contributed by atoms with van der Waals surface area (Å²) < 4.78 is 44.8. The molecule has 0 bridgehead atoms. The number of hydrogen-bond donors (Lipinski definition) is 0. The van der Waals surface area contributed by atoms with Crippen molar-refractivity contribution >= 4 is 44.6 Å². The summed E-state index contributed by atoms with van der Waals surface area (Å²) >= 11 is 3.62. The van der Waals surface area contributed by atoms with Crippen molar-refractivity contribution in [2.75, 3.05) is 46.6 Å². The Hall–Kier alpha value is -2.80. The highest BCUT2D eigenvalue weighted by Gasteiger charge is 2.36. The van der Waals surface area contributed by atoms with Crippen LogP contribution in [-0.2, 0) is 23.7 Å². The Morgan fingerprint density at radius 3 is 1.69 bits per heavy atom. The number of amides is 2. The smallest absolute Gasteiger partial charge is 0.424 e. The Morgan fingerprint density at radius 2 is 1.23 bits per heavy atom. The molecular weight excluding hydrogens is 578 g/mol. The Morgan fingerprint density at radius 1 is 0.769 bits per heavy atom. The van der Waals surface area contributed by atoms with Crippen molar-refractivity contribution in [2.24, 2.45) is 0 Å². The molecule has 0 aliphatic heterocycles. The average molecular weight is 617 g/mol.